The number of rotatable bonds is 10. The molecule has 0 saturated heterocycles. The number of carbonyl (C=O) groups is 2. The molecule has 0 unspecified atom stereocenters. The summed E-state index contributed by atoms with van der Waals surface area (Å²) in [7, 11) is 1.63. The van der Waals surface area contributed by atoms with Gasteiger partial charge in [-0.15, -0.1) is 11.3 Å². The van der Waals surface area contributed by atoms with E-state index in [1.165, 1.54) is 11.3 Å². The number of oxazole rings is 1. The molecule has 8 heteroatoms. The third-order valence-electron chi connectivity index (χ3n) is 5.39. The van der Waals surface area contributed by atoms with Crippen molar-refractivity contribution in [2.75, 3.05) is 12.4 Å². The number of aromatic nitrogens is 1. The Morgan fingerprint density at radius 2 is 1.80 bits per heavy atom. The lowest BCUT2D eigenvalue weighted by Crippen LogP contribution is -2.23. The molecule has 0 aliphatic heterocycles. The zero-order valence-corrected chi connectivity index (χ0v) is 20.5. The lowest BCUT2D eigenvalue weighted by atomic mass is 10.1. The van der Waals surface area contributed by atoms with E-state index in [0.29, 0.717) is 53.9 Å². The quantitative estimate of drug-likeness (QED) is 0.313. The zero-order chi connectivity index (χ0) is 24.6. The Morgan fingerprint density at radius 3 is 2.54 bits per heavy atom. The van der Waals surface area contributed by atoms with Crippen molar-refractivity contribution in [3.05, 3.63) is 93.5 Å². The standard InChI is InChI=1S/C27H27N3O4S/c1-18-23(16-28-25(31)15-8-19-6-4-3-5-7-19)30-27(34-18)20-9-11-21(12-10-20)29-26(32)24-14-13-22(35-24)17-33-2/h3-7,9-14H,8,15-17H2,1-2H3,(H,28,31)(H,29,32). The highest BCUT2D eigenvalue weighted by Gasteiger charge is 2.14. The van der Waals surface area contributed by atoms with Crippen LogP contribution in [0.25, 0.3) is 11.5 Å². The van der Waals surface area contributed by atoms with Gasteiger partial charge < -0.3 is 19.8 Å². The molecular weight excluding hydrogens is 462 g/mol. The van der Waals surface area contributed by atoms with Crippen molar-refractivity contribution in [2.45, 2.75) is 32.9 Å². The molecule has 0 aliphatic rings. The Kier molecular flexibility index (Phi) is 8.07. The molecule has 0 radical (unpaired) electrons. The van der Waals surface area contributed by atoms with Gasteiger partial charge in [0.2, 0.25) is 11.8 Å². The van der Waals surface area contributed by atoms with Crippen molar-refractivity contribution >= 4 is 28.8 Å². The number of hydrogen-bond donors (Lipinski definition) is 2. The van der Waals surface area contributed by atoms with Crippen molar-refractivity contribution in [1.82, 2.24) is 10.3 Å². The molecule has 35 heavy (non-hydrogen) atoms. The van der Waals surface area contributed by atoms with Gasteiger partial charge in [-0.1, -0.05) is 30.3 Å². The van der Waals surface area contributed by atoms with Gasteiger partial charge in [0.15, 0.2) is 0 Å². The minimum absolute atomic E-state index is 0.0296. The second-order valence-corrected chi connectivity index (χ2v) is 9.18. The SMILES string of the molecule is COCc1ccc(C(=O)Nc2ccc(-c3nc(CNC(=O)CCc4ccccc4)c(C)o3)cc2)s1. The predicted octanol–water partition coefficient (Wildman–Crippen LogP) is 5.36. The van der Waals surface area contributed by atoms with Gasteiger partial charge in [-0.05, 0) is 55.3 Å². The fourth-order valence-corrected chi connectivity index (χ4v) is 4.37. The van der Waals surface area contributed by atoms with E-state index in [2.05, 4.69) is 15.6 Å². The summed E-state index contributed by atoms with van der Waals surface area (Å²) in [5, 5.41) is 5.81. The Bertz CT molecular complexity index is 1280. The molecule has 2 aromatic heterocycles. The van der Waals surface area contributed by atoms with Crippen molar-refractivity contribution in [3.8, 4) is 11.5 Å². The number of aryl methyl sites for hydroxylation is 2. The minimum atomic E-state index is -0.164. The van der Waals surface area contributed by atoms with Crippen LogP contribution in [0.15, 0.2) is 71.1 Å². The minimum Gasteiger partial charge on any atom is -0.441 e. The summed E-state index contributed by atoms with van der Waals surface area (Å²) in [6.45, 7) is 2.62. The second kappa shape index (κ2) is 11.6. The highest BCUT2D eigenvalue weighted by Crippen LogP contribution is 2.24. The smallest absolute Gasteiger partial charge is 0.265 e. The van der Waals surface area contributed by atoms with Crippen molar-refractivity contribution in [1.29, 1.82) is 0 Å². The number of thiophene rings is 1. The van der Waals surface area contributed by atoms with Crippen LogP contribution in [0.2, 0.25) is 0 Å². The van der Waals surface area contributed by atoms with Gasteiger partial charge >= 0.3 is 0 Å². The molecule has 4 rings (SSSR count). The normalized spacial score (nSPS) is 10.8. The van der Waals surface area contributed by atoms with E-state index in [0.717, 1.165) is 16.0 Å². The van der Waals surface area contributed by atoms with Crippen LogP contribution in [-0.4, -0.2) is 23.9 Å². The molecule has 2 heterocycles. The summed E-state index contributed by atoms with van der Waals surface area (Å²) < 4.78 is 10.9. The van der Waals surface area contributed by atoms with Crippen LogP contribution in [0.1, 0.15) is 38.0 Å². The van der Waals surface area contributed by atoms with Crippen molar-refractivity contribution in [2.24, 2.45) is 0 Å². The summed E-state index contributed by atoms with van der Waals surface area (Å²) in [6, 6.07) is 20.9. The molecule has 0 fully saturated rings. The number of hydrogen-bond acceptors (Lipinski definition) is 6. The number of benzene rings is 2. The van der Waals surface area contributed by atoms with Crippen LogP contribution >= 0.6 is 11.3 Å². The first-order valence-electron chi connectivity index (χ1n) is 11.3. The topological polar surface area (TPSA) is 93.5 Å². The Hall–Kier alpha value is -3.75. The molecule has 180 valence electrons. The molecule has 7 nitrogen and oxygen atoms in total. The number of nitrogens with one attached hydrogen (secondary N) is 2. The first kappa shape index (κ1) is 24.4. The summed E-state index contributed by atoms with van der Waals surface area (Å²) in [6.07, 6.45) is 1.11. The van der Waals surface area contributed by atoms with E-state index < -0.39 is 0 Å². The van der Waals surface area contributed by atoms with Crippen LogP contribution in [-0.2, 0) is 29.1 Å². The Morgan fingerprint density at radius 1 is 1.03 bits per heavy atom. The molecule has 0 spiro atoms. The second-order valence-electron chi connectivity index (χ2n) is 8.01. The largest absolute Gasteiger partial charge is 0.441 e. The van der Waals surface area contributed by atoms with Gasteiger partial charge in [0.05, 0.1) is 18.0 Å². The van der Waals surface area contributed by atoms with Crippen molar-refractivity contribution in [3.63, 3.8) is 0 Å². The van der Waals surface area contributed by atoms with Crippen molar-refractivity contribution < 1.29 is 18.7 Å². The third kappa shape index (κ3) is 6.65. The zero-order valence-electron chi connectivity index (χ0n) is 19.7. The molecule has 0 bridgehead atoms. The van der Waals surface area contributed by atoms with Gasteiger partial charge in [-0.3, -0.25) is 9.59 Å². The molecule has 2 aromatic carbocycles. The molecule has 4 aromatic rings. The molecule has 0 aliphatic carbocycles. The number of carbonyl (C=O) groups excluding carboxylic acids is 2. The maximum atomic E-state index is 12.5. The van der Waals surface area contributed by atoms with E-state index in [1.54, 1.807) is 13.2 Å². The number of amides is 2. The summed E-state index contributed by atoms with van der Waals surface area (Å²) in [5.74, 6) is 0.932. The molecule has 2 amide bonds. The molecule has 0 saturated carbocycles. The first-order valence-corrected chi connectivity index (χ1v) is 12.1. The maximum absolute atomic E-state index is 12.5. The van der Waals surface area contributed by atoms with Gasteiger partial charge in [-0.2, -0.15) is 0 Å². The van der Waals surface area contributed by atoms with Crippen LogP contribution in [0.5, 0.6) is 0 Å². The van der Waals surface area contributed by atoms with Gasteiger partial charge in [-0.25, -0.2) is 4.98 Å². The summed E-state index contributed by atoms with van der Waals surface area (Å²) in [5.41, 5.74) is 3.28. The fourth-order valence-electron chi connectivity index (χ4n) is 3.50. The van der Waals surface area contributed by atoms with Crippen LogP contribution < -0.4 is 10.6 Å². The summed E-state index contributed by atoms with van der Waals surface area (Å²) >= 11 is 1.41. The lowest BCUT2D eigenvalue weighted by Gasteiger charge is -2.04. The van der Waals surface area contributed by atoms with Crippen LogP contribution in [0.3, 0.4) is 0 Å². The third-order valence-corrected chi connectivity index (χ3v) is 6.45. The molecular formula is C27H27N3O4S. The van der Waals surface area contributed by atoms with Crippen LogP contribution in [0, 0.1) is 6.92 Å². The average Bonchev–Trinajstić information content (AvgIpc) is 3.49. The van der Waals surface area contributed by atoms with Gasteiger partial charge in [0.25, 0.3) is 5.91 Å². The Balaban J connectivity index is 1.31. The number of ether oxygens (including phenoxy) is 1. The number of methoxy groups -OCH3 is 1. The van der Waals surface area contributed by atoms with E-state index in [-0.39, 0.29) is 11.8 Å². The monoisotopic (exact) mass is 489 g/mol. The summed E-state index contributed by atoms with van der Waals surface area (Å²) in [4.78, 5) is 30.9. The Labute approximate surface area is 208 Å². The van der Waals surface area contributed by atoms with E-state index in [4.69, 9.17) is 9.15 Å². The first-order chi connectivity index (χ1) is 17.0. The average molecular weight is 490 g/mol. The number of anilines is 1. The lowest BCUT2D eigenvalue weighted by molar-refractivity contribution is -0.121. The highest BCUT2D eigenvalue weighted by molar-refractivity contribution is 7.14. The molecule has 2 N–H and O–H groups in total. The maximum Gasteiger partial charge on any atom is 0.265 e. The fraction of sp³-hybridized carbons (Fsp3) is 0.222. The predicted molar refractivity (Wildman–Crippen MR) is 136 cm³/mol. The molecule has 0 atom stereocenters. The van der Waals surface area contributed by atoms with E-state index in [9.17, 15) is 9.59 Å². The van der Waals surface area contributed by atoms with Crippen LogP contribution in [0.4, 0.5) is 5.69 Å². The van der Waals surface area contributed by atoms with E-state index in [1.807, 2.05) is 67.6 Å². The van der Waals surface area contributed by atoms with Gasteiger partial charge in [0, 0.05) is 29.7 Å². The highest BCUT2D eigenvalue weighted by atomic mass is 32.1. The van der Waals surface area contributed by atoms with E-state index >= 15 is 0 Å². The van der Waals surface area contributed by atoms with Gasteiger partial charge in [0.1, 0.15) is 11.5 Å². The number of nitrogens with zero attached hydrogens (tertiary/aromatic N) is 1.